The van der Waals surface area contributed by atoms with E-state index in [4.69, 9.17) is 0 Å². The summed E-state index contributed by atoms with van der Waals surface area (Å²) >= 11 is 0. The van der Waals surface area contributed by atoms with Gasteiger partial charge in [0.15, 0.2) is 0 Å². The van der Waals surface area contributed by atoms with E-state index in [0.29, 0.717) is 5.82 Å². The number of hydrogen-bond donors (Lipinski definition) is 3. The number of nitrogens with one attached hydrogen (secondary N) is 3. The largest absolute Gasteiger partial charge is 0.333 e. The molecule has 1 saturated carbocycles. The van der Waals surface area contributed by atoms with E-state index in [9.17, 15) is 9.18 Å². The molecular formula is C15H15FN4O. The molecule has 1 heterocycles. The number of carbonyl (C=O) groups excluding carboxylic acids is 1. The summed E-state index contributed by atoms with van der Waals surface area (Å²) in [5, 5.41) is 2.83. The highest BCUT2D eigenvalue weighted by atomic mass is 19.1. The molecule has 0 spiro atoms. The number of hydrogen-bond acceptors (Lipinski definition) is 3. The van der Waals surface area contributed by atoms with Gasteiger partial charge in [-0.05, 0) is 36.2 Å². The standard InChI is InChI=1S/C15H15FN4O/c16-11-5-3-4-10(8-11)12-9-13(12)18-15(21)20-19-14-6-1-2-7-17-14/h1-8,12-13H,9H2,(H,17,19)(H2,18,20,21)/t12-,13+/m0/s1. The first-order chi connectivity index (χ1) is 10.2. The number of amides is 2. The van der Waals surface area contributed by atoms with Crippen LogP contribution in [0.2, 0.25) is 0 Å². The van der Waals surface area contributed by atoms with Crippen molar-refractivity contribution in [2.75, 3.05) is 5.43 Å². The number of halogens is 1. The lowest BCUT2D eigenvalue weighted by Crippen LogP contribution is -2.40. The Kier molecular flexibility index (Phi) is 3.68. The normalized spacial score (nSPS) is 19.7. The van der Waals surface area contributed by atoms with Gasteiger partial charge in [0.05, 0.1) is 0 Å². The molecule has 1 aromatic carbocycles. The van der Waals surface area contributed by atoms with Crippen LogP contribution in [0.15, 0.2) is 48.7 Å². The predicted octanol–water partition coefficient (Wildman–Crippen LogP) is 2.40. The fourth-order valence-corrected chi connectivity index (χ4v) is 2.22. The van der Waals surface area contributed by atoms with Crippen LogP contribution in [0.4, 0.5) is 15.0 Å². The number of pyridine rings is 1. The SMILES string of the molecule is O=C(NNc1ccccn1)N[C@@H]1C[C@H]1c1cccc(F)c1. The molecule has 2 atom stereocenters. The zero-order chi connectivity index (χ0) is 14.7. The summed E-state index contributed by atoms with van der Waals surface area (Å²) in [7, 11) is 0. The first kappa shape index (κ1) is 13.4. The summed E-state index contributed by atoms with van der Waals surface area (Å²) in [6.45, 7) is 0. The van der Waals surface area contributed by atoms with Gasteiger partial charge in [-0.1, -0.05) is 18.2 Å². The topological polar surface area (TPSA) is 66.0 Å². The lowest BCUT2D eigenvalue weighted by atomic mass is 10.1. The smallest absolute Gasteiger partial charge is 0.333 e. The van der Waals surface area contributed by atoms with Gasteiger partial charge < -0.3 is 5.32 Å². The Hall–Kier alpha value is -2.63. The molecule has 3 N–H and O–H groups in total. The highest BCUT2D eigenvalue weighted by Crippen LogP contribution is 2.40. The maximum absolute atomic E-state index is 13.1. The van der Waals surface area contributed by atoms with Crippen molar-refractivity contribution in [3.8, 4) is 0 Å². The molecule has 5 nitrogen and oxygen atoms in total. The molecule has 1 aliphatic carbocycles. The van der Waals surface area contributed by atoms with Crippen LogP contribution in [0, 0.1) is 5.82 Å². The Morgan fingerprint density at radius 3 is 2.90 bits per heavy atom. The molecule has 1 fully saturated rings. The minimum absolute atomic E-state index is 0.0392. The van der Waals surface area contributed by atoms with Crippen LogP contribution in [0.1, 0.15) is 17.9 Å². The van der Waals surface area contributed by atoms with E-state index in [1.165, 1.54) is 12.1 Å². The Bertz CT molecular complexity index is 635. The molecule has 0 radical (unpaired) electrons. The molecule has 0 saturated heterocycles. The van der Waals surface area contributed by atoms with Gasteiger partial charge in [-0.15, -0.1) is 0 Å². The maximum atomic E-state index is 13.1. The van der Waals surface area contributed by atoms with Crippen LogP contribution < -0.4 is 16.2 Å². The molecular weight excluding hydrogens is 271 g/mol. The van der Waals surface area contributed by atoms with Gasteiger partial charge in [-0.2, -0.15) is 0 Å². The fraction of sp³-hybridized carbons (Fsp3) is 0.200. The van der Waals surface area contributed by atoms with Crippen molar-refractivity contribution in [2.45, 2.75) is 18.4 Å². The molecule has 0 unspecified atom stereocenters. The van der Waals surface area contributed by atoms with E-state index in [2.05, 4.69) is 21.2 Å². The minimum Gasteiger partial charge on any atom is -0.333 e. The predicted molar refractivity (Wildman–Crippen MR) is 77.1 cm³/mol. The Morgan fingerprint density at radius 2 is 2.14 bits per heavy atom. The molecule has 1 aliphatic rings. The van der Waals surface area contributed by atoms with Crippen molar-refractivity contribution in [2.24, 2.45) is 0 Å². The van der Waals surface area contributed by atoms with E-state index in [0.717, 1.165) is 12.0 Å². The molecule has 108 valence electrons. The average Bonchev–Trinajstić information content (AvgIpc) is 3.25. The number of anilines is 1. The van der Waals surface area contributed by atoms with Gasteiger partial charge in [-0.25, -0.2) is 14.2 Å². The molecule has 0 bridgehead atoms. The van der Waals surface area contributed by atoms with E-state index in [1.54, 1.807) is 24.4 Å². The summed E-state index contributed by atoms with van der Waals surface area (Å²) < 4.78 is 13.1. The number of hydrazine groups is 1. The van der Waals surface area contributed by atoms with Crippen molar-refractivity contribution >= 4 is 11.8 Å². The molecule has 1 aromatic heterocycles. The average molecular weight is 286 g/mol. The van der Waals surface area contributed by atoms with Crippen LogP contribution in [-0.4, -0.2) is 17.1 Å². The molecule has 2 amide bonds. The summed E-state index contributed by atoms with van der Waals surface area (Å²) in [4.78, 5) is 15.7. The molecule has 0 aliphatic heterocycles. The van der Waals surface area contributed by atoms with Crippen LogP contribution in [-0.2, 0) is 0 Å². The third-order valence-electron chi connectivity index (χ3n) is 3.35. The van der Waals surface area contributed by atoms with Crippen molar-refractivity contribution in [3.63, 3.8) is 0 Å². The second kappa shape index (κ2) is 5.78. The van der Waals surface area contributed by atoms with Crippen molar-refractivity contribution in [1.82, 2.24) is 15.7 Å². The second-order valence-corrected chi connectivity index (χ2v) is 4.94. The van der Waals surface area contributed by atoms with Crippen LogP contribution in [0.25, 0.3) is 0 Å². The third-order valence-corrected chi connectivity index (χ3v) is 3.35. The van der Waals surface area contributed by atoms with E-state index >= 15 is 0 Å². The van der Waals surface area contributed by atoms with E-state index in [-0.39, 0.29) is 23.8 Å². The zero-order valence-electron chi connectivity index (χ0n) is 11.2. The number of carbonyl (C=O) groups is 1. The van der Waals surface area contributed by atoms with Crippen molar-refractivity contribution in [1.29, 1.82) is 0 Å². The maximum Gasteiger partial charge on any atom is 0.333 e. The summed E-state index contributed by atoms with van der Waals surface area (Å²) in [6, 6.07) is 11.5. The third kappa shape index (κ3) is 3.47. The van der Waals surface area contributed by atoms with Crippen molar-refractivity contribution < 1.29 is 9.18 Å². The number of benzene rings is 1. The lowest BCUT2D eigenvalue weighted by Gasteiger charge is -2.09. The second-order valence-electron chi connectivity index (χ2n) is 4.94. The van der Waals surface area contributed by atoms with Gasteiger partial charge in [0.25, 0.3) is 0 Å². The first-order valence-corrected chi connectivity index (χ1v) is 6.71. The number of aromatic nitrogens is 1. The monoisotopic (exact) mass is 286 g/mol. The molecule has 6 heteroatoms. The summed E-state index contributed by atoms with van der Waals surface area (Å²) in [6.07, 6.45) is 2.45. The fourth-order valence-electron chi connectivity index (χ4n) is 2.22. The van der Waals surface area contributed by atoms with Crippen LogP contribution in [0.5, 0.6) is 0 Å². The first-order valence-electron chi connectivity index (χ1n) is 6.71. The van der Waals surface area contributed by atoms with Crippen LogP contribution >= 0.6 is 0 Å². The lowest BCUT2D eigenvalue weighted by molar-refractivity contribution is 0.242. The van der Waals surface area contributed by atoms with Crippen LogP contribution in [0.3, 0.4) is 0 Å². The zero-order valence-corrected chi connectivity index (χ0v) is 11.2. The summed E-state index contributed by atoms with van der Waals surface area (Å²) in [5.41, 5.74) is 6.14. The summed E-state index contributed by atoms with van der Waals surface area (Å²) in [5.74, 6) is 0.492. The molecule has 21 heavy (non-hydrogen) atoms. The Labute approximate surface area is 121 Å². The van der Waals surface area contributed by atoms with Crippen molar-refractivity contribution in [3.05, 3.63) is 60.0 Å². The number of urea groups is 1. The van der Waals surface area contributed by atoms with E-state index < -0.39 is 0 Å². The Balaban J connectivity index is 1.47. The van der Waals surface area contributed by atoms with Gasteiger partial charge in [0.1, 0.15) is 11.6 Å². The Morgan fingerprint density at radius 1 is 1.24 bits per heavy atom. The minimum atomic E-state index is -0.329. The van der Waals surface area contributed by atoms with Gasteiger partial charge in [-0.3, -0.25) is 10.9 Å². The number of nitrogens with zero attached hydrogens (tertiary/aromatic N) is 1. The van der Waals surface area contributed by atoms with E-state index in [1.807, 2.05) is 12.1 Å². The molecule has 3 rings (SSSR count). The highest BCUT2D eigenvalue weighted by molar-refractivity contribution is 5.76. The molecule has 2 aromatic rings. The van der Waals surface area contributed by atoms with Gasteiger partial charge >= 0.3 is 6.03 Å². The highest BCUT2D eigenvalue weighted by Gasteiger charge is 2.39. The van der Waals surface area contributed by atoms with Gasteiger partial charge in [0, 0.05) is 18.2 Å². The van der Waals surface area contributed by atoms with Gasteiger partial charge in [0.2, 0.25) is 0 Å². The quantitative estimate of drug-likeness (QED) is 0.756. The number of rotatable bonds is 4.